The smallest absolute Gasteiger partial charge is 0.336 e. The Bertz CT molecular complexity index is 1290. The lowest BCUT2D eigenvalue weighted by Crippen LogP contribution is -2.24. The summed E-state index contributed by atoms with van der Waals surface area (Å²) in [6.45, 7) is 1.81. The molecule has 0 radical (unpaired) electrons. The molecule has 5 rings (SSSR count). The standard InChI is InChI=1S/C23H19N3O3/c27-21-10-7-16-13-17(8-9-20(16)29-21)24-23(28)18-14-15-5-1-2-6-19(15)25-22(18)26-11-3-4-12-26/h1-2,5-10,13-14H,3-4,11-12H2,(H,24,28). The molecular weight excluding hydrogens is 366 g/mol. The van der Waals surface area contributed by atoms with E-state index in [1.54, 1.807) is 24.3 Å². The third-order valence-electron chi connectivity index (χ3n) is 5.23. The Morgan fingerprint density at radius 3 is 2.66 bits per heavy atom. The molecule has 1 amide bonds. The molecule has 1 N–H and O–H groups in total. The highest BCUT2D eigenvalue weighted by molar-refractivity contribution is 6.10. The predicted molar refractivity (Wildman–Crippen MR) is 114 cm³/mol. The average Bonchev–Trinajstić information content (AvgIpc) is 3.27. The number of fused-ring (bicyclic) bond motifs is 2. The highest BCUT2D eigenvalue weighted by Crippen LogP contribution is 2.28. The molecule has 3 heterocycles. The molecule has 1 saturated heterocycles. The molecule has 1 aliphatic rings. The molecular formula is C23H19N3O3. The lowest BCUT2D eigenvalue weighted by molar-refractivity contribution is 0.102. The number of pyridine rings is 1. The zero-order valence-electron chi connectivity index (χ0n) is 15.7. The van der Waals surface area contributed by atoms with Gasteiger partial charge in [-0.2, -0.15) is 0 Å². The van der Waals surface area contributed by atoms with Crippen molar-refractivity contribution in [2.24, 2.45) is 0 Å². The molecule has 0 unspecified atom stereocenters. The summed E-state index contributed by atoms with van der Waals surface area (Å²) in [5.74, 6) is 0.521. The molecule has 0 saturated carbocycles. The zero-order chi connectivity index (χ0) is 19.8. The van der Waals surface area contributed by atoms with Crippen molar-refractivity contribution in [3.05, 3.63) is 76.6 Å². The van der Waals surface area contributed by atoms with E-state index in [2.05, 4.69) is 10.2 Å². The van der Waals surface area contributed by atoms with Gasteiger partial charge >= 0.3 is 5.63 Å². The number of hydrogen-bond donors (Lipinski definition) is 1. The van der Waals surface area contributed by atoms with Gasteiger partial charge in [-0.25, -0.2) is 9.78 Å². The third-order valence-corrected chi connectivity index (χ3v) is 5.23. The first kappa shape index (κ1) is 17.4. The van der Waals surface area contributed by atoms with Gasteiger partial charge in [-0.05, 0) is 49.2 Å². The van der Waals surface area contributed by atoms with Gasteiger partial charge in [0.2, 0.25) is 0 Å². The van der Waals surface area contributed by atoms with Crippen LogP contribution in [0.1, 0.15) is 23.2 Å². The molecule has 6 nitrogen and oxygen atoms in total. The van der Waals surface area contributed by atoms with E-state index < -0.39 is 5.63 Å². The molecule has 1 fully saturated rings. The average molecular weight is 385 g/mol. The second-order valence-corrected chi connectivity index (χ2v) is 7.21. The maximum Gasteiger partial charge on any atom is 0.336 e. The maximum absolute atomic E-state index is 13.2. The number of para-hydroxylation sites is 1. The van der Waals surface area contributed by atoms with Crippen LogP contribution in [-0.2, 0) is 0 Å². The minimum Gasteiger partial charge on any atom is -0.423 e. The molecule has 29 heavy (non-hydrogen) atoms. The number of carbonyl (C=O) groups excluding carboxylic acids is 1. The Balaban J connectivity index is 1.53. The molecule has 2 aromatic heterocycles. The lowest BCUT2D eigenvalue weighted by atomic mass is 10.1. The Hall–Kier alpha value is -3.67. The van der Waals surface area contributed by atoms with Gasteiger partial charge < -0.3 is 14.6 Å². The van der Waals surface area contributed by atoms with Crippen LogP contribution in [0.3, 0.4) is 0 Å². The van der Waals surface area contributed by atoms with Crippen molar-refractivity contribution in [3.63, 3.8) is 0 Å². The van der Waals surface area contributed by atoms with E-state index in [1.165, 1.54) is 6.07 Å². The van der Waals surface area contributed by atoms with Crippen LogP contribution < -0.4 is 15.8 Å². The molecule has 1 aliphatic heterocycles. The van der Waals surface area contributed by atoms with Crippen LogP contribution in [0.5, 0.6) is 0 Å². The van der Waals surface area contributed by atoms with Crippen molar-refractivity contribution < 1.29 is 9.21 Å². The first-order valence-electron chi connectivity index (χ1n) is 9.67. The number of nitrogens with zero attached hydrogens (tertiary/aromatic N) is 2. The van der Waals surface area contributed by atoms with Crippen LogP contribution in [0.2, 0.25) is 0 Å². The number of hydrogen-bond acceptors (Lipinski definition) is 5. The molecule has 6 heteroatoms. The molecule has 0 spiro atoms. The second kappa shape index (κ2) is 7.05. The van der Waals surface area contributed by atoms with Crippen molar-refractivity contribution in [1.29, 1.82) is 0 Å². The van der Waals surface area contributed by atoms with Gasteiger partial charge in [-0.15, -0.1) is 0 Å². The molecule has 2 aromatic carbocycles. The van der Waals surface area contributed by atoms with Crippen LogP contribution >= 0.6 is 0 Å². The van der Waals surface area contributed by atoms with Crippen LogP contribution in [0, 0.1) is 0 Å². The highest BCUT2D eigenvalue weighted by Gasteiger charge is 2.22. The predicted octanol–water partition coefficient (Wildman–Crippen LogP) is 4.19. The Kier molecular flexibility index (Phi) is 4.24. The van der Waals surface area contributed by atoms with E-state index >= 15 is 0 Å². The van der Waals surface area contributed by atoms with E-state index in [-0.39, 0.29) is 5.91 Å². The SMILES string of the molecule is O=C(Nc1ccc2oc(=O)ccc2c1)c1cc2ccccc2nc1N1CCCC1. The number of nitrogens with one attached hydrogen (secondary N) is 1. The van der Waals surface area contributed by atoms with Gasteiger partial charge in [0.25, 0.3) is 5.91 Å². The normalized spacial score (nSPS) is 13.9. The maximum atomic E-state index is 13.2. The number of carbonyl (C=O) groups is 1. The van der Waals surface area contributed by atoms with Crippen molar-refractivity contribution >= 4 is 39.3 Å². The fourth-order valence-corrected chi connectivity index (χ4v) is 3.79. The van der Waals surface area contributed by atoms with E-state index in [1.807, 2.05) is 30.3 Å². The number of rotatable bonds is 3. The summed E-state index contributed by atoms with van der Waals surface area (Å²) in [5, 5.41) is 4.65. The lowest BCUT2D eigenvalue weighted by Gasteiger charge is -2.20. The van der Waals surface area contributed by atoms with Crippen molar-refractivity contribution in [2.75, 3.05) is 23.3 Å². The zero-order valence-corrected chi connectivity index (χ0v) is 15.7. The first-order chi connectivity index (χ1) is 14.2. The van der Waals surface area contributed by atoms with Gasteiger partial charge in [-0.3, -0.25) is 4.79 Å². The van der Waals surface area contributed by atoms with Gasteiger partial charge in [-0.1, -0.05) is 18.2 Å². The Morgan fingerprint density at radius 2 is 1.79 bits per heavy atom. The molecule has 144 valence electrons. The van der Waals surface area contributed by atoms with Crippen LogP contribution in [-0.4, -0.2) is 24.0 Å². The van der Waals surface area contributed by atoms with E-state index in [0.29, 0.717) is 16.8 Å². The minimum absolute atomic E-state index is 0.207. The van der Waals surface area contributed by atoms with Gasteiger partial charge in [0.15, 0.2) is 0 Å². The number of anilines is 2. The Morgan fingerprint density at radius 1 is 0.966 bits per heavy atom. The van der Waals surface area contributed by atoms with Gasteiger partial charge in [0.1, 0.15) is 11.4 Å². The topological polar surface area (TPSA) is 75.4 Å². The highest BCUT2D eigenvalue weighted by atomic mass is 16.4. The second-order valence-electron chi connectivity index (χ2n) is 7.21. The molecule has 0 atom stereocenters. The summed E-state index contributed by atoms with van der Waals surface area (Å²) < 4.78 is 5.16. The number of aromatic nitrogens is 1. The van der Waals surface area contributed by atoms with Crippen molar-refractivity contribution in [2.45, 2.75) is 12.8 Å². The quantitative estimate of drug-likeness (QED) is 0.535. The van der Waals surface area contributed by atoms with Crippen LogP contribution in [0.25, 0.3) is 21.9 Å². The summed E-state index contributed by atoms with van der Waals surface area (Å²) in [4.78, 5) is 31.5. The van der Waals surface area contributed by atoms with Crippen molar-refractivity contribution in [3.8, 4) is 0 Å². The van der Waals surface area contributed by atoms with E-state index in [0.717, 1.165) is 48.0 Å². The fourth-order valence-electron chi connectivity index (χ4n) is 3.79. The van der Waals surface area contributed by atoms with Crippen LogP contribution in [0.4, 0.5) is 11.5 Å². The molecule has 4 aromatic rings. The monoisotopic (exact) mass is 385 g/mol. The molecule has 0 bridgehead atoms. The first-order valence-corrected chi connectivity index (χ1v) is 9.67. The minimum atomic E-state index is -0.397. The third kappa shape index (κ3) is 3.33. The summed E-state index contributed by atoms with van der Waals surface area (Å²) >= 11 is 0. The van der Waals surface area contributed by atoms with Gasteiger partial charge in [0, 0.05) is 35.6 Å². The van der Waals surface area contributed by atoms with Crippen LogP contribution in [0.15, 0.2) is 69.9 Å². The summed E-state index contributed by atoms with van der Waals surface area (Å²) in [7, 11) is 0. The largest absolute Gasteiger partial charge is 0.423 e. The van der Waals surface area contributed by atoms with Gasteiger partial charge in [0.05, 0.1) is 11.1 Å². The van der Waals surface area contributed by atoms with Crippen molar-refractivity contribution in [1.82, 2.24) is 4.98 Å². The Labute approximate surface area is 166 Å². The summed E-state index contributed by atoms with van der Waals surface area (Å²) in [5.41, 5.74) is 2.17. The number of amides is 1. The summed E-state index contributed by atoms with van der Waals surface area (Å²) in [6.07, 6.45) is 2.21. The summed E-state index contributed by atoms with van der Waals surface area (Å²) in [6, 6.07) is 18.0. The van der Waals surface area contributed by atoms with E-state index in [4.69, 9.17) is 9.40 Å². The van der Waals surface area contributed by atoms with E-state index in [9.17, 15) is 9.59 Å². The fraction of sp³-hybridized carbons (Fsp3) is 0.174. The number of benzene rings is 2. The molecule has 0 aliphatic carbocycles.